The number of aryl methyl sites for hydroxylation is 1. The van der Waals surface area contributed by atoms with Gasteiger partial charge in [0.25, 0.3) is 0 Å². The molecule has 94 valence electrons. The Balaban J connectivity index is 2.03. The molecule has 1 heterocycles. The fourth-order valence-corrected chi connectivity index (χ4v) is 2.50. The first-order valence-corrected chi connectivity index (χ1v) is 6.73. The molecule has 17 heavy (non-hydrogen) atoms. The van der Waals surface area contributed by atoms with E-state index in [-0.39, 0.29) is 6.04 Å². The smallest absolute Gasteiger partial charge is 0.124 e. The van der Waals surface area contributed by atoms with E-state index in [0.29, 0.717) is 6.10 Å². The van der Waals surface area contributed by atoms with E-state index in [1.807, 2.05) is 0 Å². The first-order valence-electron chi connectivity index (χ1n) is 6.73. The van der Waals surface area contributed by atoms with Gasteiger partial charge in [-0.05, 0) is 25.8 Å². The Morgan fingerprint density at radius 2 is 2.18 bits per heavy atom. The molecule has 0 spiro atoms. The summed E-state index contributed by atoms with van der Waals surface area (Å²) >= 11 is 0. The summed E-state index contributed by atoms with van der Waals surface area (Å²) in [7, 11) is 0. The lowest BCUT2D eigenvalue weighted by Crippen LogP contribution is -2.29. The Kier molecular flexibility index (Phi) is 4.06. The van der Waals surface area contributed by atoms with Crippen LogP contribution in [-0.4, -0.2) is 6.10 Å². The van der Waals surface area contributed by atoms with Crippen molar-refractivity contribution in [1.29, 1.82) is 0 Å². The van der Waals surface area contributed by atoms with Crippen molar-refractivity contribution in [3.05, 3.63) is 29.3 Å². The fourth-order valence-electron chi connectivity index (χ4n) is 2.50. The second kappa shape index (κ2) is 5.54. The van der Waals surface area contributed by atoms with Crippen LogP contribution in [0.5, 0.6) is 5.75 Å². The molecular weight excluding hydrogens is 210 g/mol. The topological polar surface area (TPSA) is 35.2 Å². The third kappa shape index (κ3) is 3.01. The molecule has 0 saturated heterocycles. The Hall–Kier alpha value is -1.02. The molecule has 1 aliphatic rings. The van der Waals surface area contributed by atoms with Gasteiger partial charge in [-0.3, -0.25) is 0 Å². The number of rotatable bonds is 4. The van der Waals surface area contributed by atoms with Crippen molar-refractivity contribution in [2.45, 2.75) is 58.1 Å². The van der Waals surface area contributed by atoms with Gasteiger partial charge in [-0.1, -0.05) is 37.5 Å². The van der Waals surface area contributed by atoms with E-state index in [0.717, 1.165) is 18.6 Å². The Morgan fingerprint density at radius 3 is 2.94 bits per heavy atom. The summed E-state index contributed by atoms with van der Waals surface area (Å²) in [6.07, 6.45) is 6.20. The van der Waals surface area contributed by atoms with E-state index in [1.165, 1.54) is 30.4 Å². The van der Waals surface area contributed by atoms with Crippen LogP contribution in [0.2, 0.25) is 0 Å². The molecule has 2 nitrogen and oxygen atoms in total. The van der Waals surface area contributed by atoms with Gasteiger partial charge in [-0.15, -0.1) is 0 Å². The Morgan fingerprint density at radius 1 is 1.35 bits per heavy atom. The number of fused-ring (bicyclic) bond motifs is 1. The van der Waals surface area contributed by atoms with Crippen molar-refractivity contribution >= 4 is 0 Å². The molecule has 0 aliphatic carbocycles. The highest BCUT2D eigenvalue weighted by Gasteiger charge is 2.25. The van der Waals surface area contributed by atoms with Crippen molar-refractivity contribution in [2.75, 3.05) is 0 Å². The van der Waals surface area contributed by atoms with Crippen LogP contribution in [0.3, 0.4) is 0 Å². The van der Waals surface area contributed by atoms with Crippen LogP contribution in [0.4, 0.5) is 0 Å². The van der Waals surface area contributed by atoms with E-state index in [2.05, 4.69) is 32.0 Å². The molecule has 2 atom stereocenters. The van der Waals surface area contributed by atoms with Gasteiger partial charge in [0, 0.05) is 18.0 Å². The largest absolute Gasteiger partial charge is 0.490 e. The zero-order valence-corrected chi connectivity index (χ0v) is 10.9. The molecular formula is C15H23NO. The quantitative estimate of drug-likeness (QED) is 0.804. The van der Waals surface area contributed by atoms with Crippen LogP contribution in [0.25, 0.3) is 0 Å². The minimum atomic E-state index is 0.144. The zero-order chi connectivity index (χ0) is 12.3. The van der Waals surface area contributed by atoms with E-state index in [1.54, 1.807) is 0 Å². The summed E-state index contributed by atoms with van der Waals surface area (Å²) in [6.45, 7) is 4.33. The molecule has 1 aromatic rings. The molecule has 2 heteroatoms. The predicted octanol–water partition coefficient (Wildman–Crippen LogP) is 3.73. The van der Waals surface area contributed by atoms with Gasteiger partial charge < -0.3 is 10.5 Å². The fraction of sp³-hybridized carbons (Fsp3) is 0.600. The molecule has 0 amide bonds. The molecule has 1 aromatic carbocycles. The SMILES string of the molecule is CCCCCC1C[C@H](N)c2cc(C)ccc2O1. The predicted molar refractivity (Wildman–Crippen MR) is 71.3 cm³/mol. The van der Waals surface area contributed by atoms with Gasteiger partial charge in [0.2, 0.25) is 0 Å². The van der Waals surface area contributed by atoms with Gasteiger partial charge in [-0.2, -0.15) is 0 Å². The van der Waals surface area contributed by atoms with Crippen molar-refractivity contribution in [3.63, 3.8) is 0 Å². The number of unbranched alkanes of at least 4 members (excludes halogenated alkanes) is 2. The highest BCUT2D eigenvalue weighted by Crippen LogP contribution is 2.35. The monoisotopic (exact) mass is 233 g/mol. The molecule has 0 fully saturated rings. The lowest BCUT2D eigenvalue weighted by molar-refractivity contribution is 0.147. The summed E-state index contributed by atoms with van der Waals surface area (Å²) < 4.78 is 6.02. The zero-order valence-electron chi connectivity index (χ0n) is 10.9. The molecule has 1 aliphatic heterocycles. The van der Waals surface area contributed by atoms with Crippen LogP contribution in [0.1, 0.15) is 56.2 Å². The van der Waals surface area contributed by atoms with Crippen LogP contribution >= 0.6 is 0 Å². The highest BCUT2D eigenvalue weighted by atomic mass is 16.5. The van der Waals surface area contributed by atoms with Gasteiger partial charge in [-0.25, -0.2) is 0 Å². The maximum Gasteiger partial charge on any atom is 0.124 e. The molecule has 2 N–H and O–H groups in total. The summed E-state index contributed by atoms with van der Waals surface area (Å²) in [5.74, 6) is 0.996. The maximum absolute atomic E-state index is 6.23. The van der Waals surface area contributed by atoms with E-state index >= 15 is 0 Å². The molecule has 0 radical (unpaired) electrons. The lowest BCUT2D eigenvalue weighted by Gasteiger charge is -2.30. The second-order valence-corrected chi connectivity index (χ2v) is 5.12. The average molecular weight is 233 g/mol. The van der Waals surface area contributed by atoms with Gasteiger partial charge in [0.15, 0.2) is 0 Å². The number of hydrogen-bond acceptors (Lipinski definition) is 2. The highest BCUT2D eigenvalue weighted by molar-refractivity contribution is 5.40. The minimum absolute atomic E-state index is 0.144. The van der Waals surface area contributed by atoms with Gasteiger partial charge >= 0.3 is 0 Å². The standard InChI is InChI=1S/C15H23NO/c1-3-4-5-6-12-10-14(16)13-9-11(2)7-8-15(13)17-12/h7-9,12,14H,3-6,10,16H2,1-2H3/t12?,14-/m0/s1. The number of benzene rings is 1. The summed E-state index contributed by atoms with van der Waals surface area (Å²) in [5, 5.41) is 0. The lowest BCUT2D eigenvalue weighted by atomic mass is 9.93. The third-order valence-electron chi connectivity index (χ3n) is 3.50. The first-order chi connectivity index (χ1) is 8.20. The second-order valence-electron chi connectivity index (χ2n) is 5.12. The van der Waals surface area contributed by atoms with Crippen molar-refractivity contribution in [2.24, 2.45) is 5.73 Å². The van der Waals surface area contributed by atoms with Crippen LogP contribution in [0.15, 0.2) is 18.2 Å². The number of ether oxygens (including phenoxy) is 1. The molecule has 1 unspecified atom stereocenters. The summed E-state index contributed by atoms with van der Waals surface area (Å²) in [6, 6.07) is 6.46. The van der Waals surface area contributed by atoms with Gasteiger partial charge in [0.05, 0.1) is 0 Å². The normalized spacial score (nSPS) is 23.0. The van der Waals surface area contributed by atoms with E-state index in [9.17, 15) is 0 Å². The molecule has 0 aromatic heterocycles. The van der Waals surface area contributed by atoms with E-state index < -0.39 is 0 Å². The van der Waals surface area contributed by atoms with Crippen LogP contribution in [0, 0.1) is 6.92 Å². The van der Waals surface area contributed by atoms with Crippen molar-refractivity contribution in [3.8, 4) is 5.75 Å². The van der Waals surface area contributed by atoms with E-state index in [4.69, 9.17) is 10.5 Å². The average Bonchev–Trinajstić information content (AvgIpc) is 2.31. The van der Waals surface area contributed by atoms with Crippen LogP contribution in [-0.2, 0) is 0 Å². The number of nitrogens with two attached hydrogens (primary N) is 1. The molecule has 2 rings (SSSR count). The maximum atomic E-state index is 6.23. The van der Waals surface area contributed by atoms with Gasteiger partial charge in [0.1, 0.15) is 11.9 Å². The van der Waals surface area contributed by atoms with Crippen molar-refractivity contribution < 1.29 is 4.74 Å². The molecule has 0 saturated carbocycles. The molecule has 0 bridgehead atoms. The van der Waals surface area contributed by atoms with Crippen molar-refractivity contribution in [1.82, 2.24) is 0 Å². The Labute approximate surface area is 104 Å². The summed E-state index contributed by atoms with van der Waals surface area (Å²) in [5.41, 5.74) is 8.66. The summed E-state index contributed by atoms with van der Waals surface area (Å²) in [4.78, 5) is 0. The Bertz CT molecular complexity index is 375. The number of hydrogen-bond donors (Lipinski definition) is 1. The minimum Gasteiger partial charge on any atom is -0.490 e. The third-order valence-corrected chi connectivity index (χ3v) is 3.50. The first kappa shape index (κ1) is 12.4. The van der Waals surface area contributed by atoms with Crippen LogP contribution < -0.4 is 10.5 Å².